The van der Waals surface area contributed by atoms with E-state index in [-0.39, 0.29) is 5.41 Å². The van der Waals surface area contributed by atoms with Crippen molar-refractivity contribution >= 4 is 0 Å². The standard InChI is InChI=1S/C17H18O/c1-4-14-17(2,3)16(18)13-9-8-12-15-10-6-5-7-11-15/h4-7,10-11,16,18H,1,14H2,2-3H3/t16-/m0/s1. The molecule has 18 heavy (non-hydrogen) atoms. The fraction of sp³-hybridized carbons (Fsp3) is 0.294. The maximum absolute atomic E-state index is 9.92. The van der Waals surface area contributed by atoms with Gasteiger partial charge in [0, 0.05) is 11.0 Å². The quantitative estimate of drug-likeness (QED) is 0.634. The molecule has 1 N–H and O–H groups in total. The van der Waals surface area contributed by atoms with Gasteiger partial charge in [0.2, 0.25) is 0 Å². The van der Waals surface area contributed by atoms with Crippen molar-refractivity contribution in [2.45, 2.75) is 26.4 Å². The van der Waals surface area contributed by atoms with Crippen LogP contribution in [0.15, 0.2) is 43.0 Å². The van der Waals surface area contributed by atoms with Crippen LogP contribution in [0, 0.1) is 29.1 Å². The zero-order valence-electron chi connectivity index (χ0n) is 10.9. The van der Waals surface area contributed by atoms with E-state index < -0.39 is 6.10 Å². The molecule has 1 aromatic carbocycles. The van der Waals surface area contributed by atoms with Gasteiger partial charge in [-0.1, -0.05) is 50.0 Å². The lowest BCUT2D eigenvalue weighted by atomic mass is 9.83. The third kappa shape index (κ3) is 4.50. The van der Waals surface area contributed by atoms with Gasteiger partial charge < -0.3 is 5.11 Å². The summed E-state index contributed by atoms with van der Waals surface area (Å²) in [5, 5.41) is 9.92. The van der Waals surface area contributed by atoms with Crippen LogP contribution >= 0.6 is 0 Å². The molecule has 0 saturated heterocycles. The van der Waals surface area contributed by atoms with Crippen LogP contribution in [-0.2, 0) is 0 Å². The molecule has 0 heterocycles. The molecule has 0 saturated carbocycles. The van der Waals surface area contributed by atoms with Crippen molar-refractivity contribution in [3.8, 4) is 23.7 Å². The number of aliphatic hydroxyl groups is 1. The second-order valence-corrected chi connectivity index (χ2v) is 4.77. The molecular weight excluding hydrogens is 220 g/mol. The highest BCUT2D eigenvalue weighted by atomic mass is 16.3. The number of rotatable bonds is 3. The molecule has 1 aromatic rings. The smallest absolute Gasteiger partial charge is 0.121 e. The van der Waals surface area contributed by atoms with Gasteiger partial charge in [0.05, 0.1) is 0 Å². The SMILES string of the molecule is C=CCC(C)(C)[C@@H](O)C#CC#Cc1ccccc1. The maximum Gasteiger partial charge on any atom is 0.121 e. The predicted molar refractivity (Wildman–Crippen MR) is 75.7 cm³/mol. The van der Waals surface area contributed by atoms with E-state index in [4.69, 9.17) is 0 Å². The Morgan fingerprint density at radius 1 is 1.28 bits per heavy atom. The molecule has 0 bridgehead atoms. The normalized spacial score (nSPS) is 11.5. The van der Waals surface area contributed by atoms with Crippen molar-refractivity contribution in [2.75, 3.05) is 0 Å². The molecule has 1 atom stereocenters. The second-order valence-electron chi connectivity index (χ2n) is 4.77. The average Bonchev–Trinajstić information content (AvgIpc) is 2.35. The molecule has 1 nitrogen and oxygen atoms in total. The molecule has 92 valence electrons. The van der Waals surface area contributed by atoms with Crippen LogP contribution in [0.25, 0.3) is 0 Å². The van der Waals surface area contributed by atoms with Crippen LogP contribution in [0.4, 0.5) is 0 Å². The number of allylic oxidation sites excluding steroid dienone is 1. The first-order valence-corrected chi connectivity index (χ1v) is 5.92. The van der Waals surface area contributed by atoms with E-state index in [2.05, 4.69) is 30.3 Å². The van der Waals surface area contributed by atoms with Crippen molar-refractivity contribution in [3.05, 3.63) is 48.6 Å². The van der Waals surface area contributed by atoms with E-state index in [0.717, 1.165) is 12.0 Å². The Hall–Kier alpha value is -1.96. The summed E-state index contributed by atoms with van der Waals surface area (Å²) in [6.45, 7) is 7.59. The number of hydrogen-bond acceptors (Lipinski definition) is 1. The Kier molecular flexibility index (Phi) is 5.25. The Labute approximate surface area is 110 Å². The maximum atomic E-state index is 9.92. The summed E-state index contributed by atoms with van der Waals surface area (Å²) in [5.41, 5.74) is 0.634. The zero-order chi connectivity index (χ0) is 13.4. The van der Waals surface area contributed by atoms with Crippen LogP contribution < -0.4 is 0 Å². The van der Waals surface area contributed by atoms with Crippen LogP contribution in [0.3, 0.4) is 0 Å². The van der Waals surface area contributed by atoms with Crippen molar-refractivity contribution in [1.29, 1.82) is 0 Å². The monoisotopic (exact) mass is 238 g/mol. The highest BCUT2D eigenvalue weighted by molar-refractivity contribution is 5.40. The van der Waals surface area contributed by atoms with Gasteiger partial charge in [-0.25, -0.2) is 0 Å². The van der Waals surface area contributed by atoms with E-state index in [0.29, 0.717) is 0 Å². The Morgan fingerprint density at radius 3 is 2.56 bits per heavy atom. The first kappa shape index (κ1) is 14.1. The molecule has 0 aliphatic heterocycles. The molecule has 0 fully saturated rings. The minimum absolute atomic E-state index is 0.289. The Bertz CT molecular complexity index is 503. The summed E-state index contributed by atoms with van der Waals surface area (Å²) >= 11 is 0. The lowest BCUT2D eigenvalue weighted by Crippen LogP contribution is -2.27. The Morgan fingerprint density at radius 2 is 1.94 bits per heavy atom. The highest BCUT2D eigenvalue weighted by Gasteiger charge is 2.24. The summed E-state index contributed by atoms with van der Waals surface area (Å²) in [4.78, 5) is 0. The van der Waals surface area contributed by atoms with Crippen molar-refractivity contribution in [3.63, 3.8) is 0 Å². The van der Waals surface area contributed by atoms with Crippen LogP contribution in [-0.4, -0.2) is 11.2 Å². The van der Waals surface area contributed by atoms with Gasteiger partial charge in [-0.15, -0.1) is 6.58 Å². The second kappa shape index (κ2) is 6.70. The summed E-state index contributed by atoms with van der Waals surface area (Å²) in [5.74, 6) is 11.1. The molecule has 0 amide bonds. The zero-order valence-corrected chi connectivity index (χ0v) is 10.9. The molecular formula is C17H18O. The largest absolute Gasteiger partial charge is 0.380 e. The molecule has 1 heteroatoms. The number of benzene rings is 1. The number of aliphatic hydroxyl groups excluding tert-OH is 1. The lowest BCUT2D eigenvalue weighted by molar-refractivity contribution is 0.101. The van der Waals surface area contributed by atoms with Crippen molar-refractivity contribution < 1.29 is 5.11 Å². The molecule has 0 aliphatic rings. The summed E-state index contributed by atoms with van der Waals surface area (Å²) < 4.78 is 0. The van der Waals surface area contributed by atoms with Crippen LogP contribution in [0.1, 0.15) is 25.8 Å². The van der Waals surface area contributed by atoms with E-state index >= 15 is 0 Å². The van der Waals surface area contributed by atoms with Gasteiger partial charge in [-0.3, -0.25) is 0 Å². The molecule has 0 radical (unpaired) electrons. The summed E-state index contributed by atoms with van der Waals surface area (Å²) in [6, 6.07) is 9.65. The number of hydrogen-bond donors (Lipinski definition) is 1. The van der Waals surface area contributed by atoms with Gasteiger partial charge in [0.15, 0.2) is 0 Å². The van der Waals surface area contributed by atoms with Crippen LogP contribution in [0.5, 0.6) is 0 Å². The third-order valence-electron chi connectivity index (χ3n) is 2.66. The Balaban J connectivity index is 2.67. The molecule has 1 rings (SSSR count). The first-order chi connectivity index (χ1) is 8.56. The van der Waals surface area contributed by atoms with Crippen molar-refractivity contribution in [1.82, 2.24) is 0 Å². The molecule has 0 spiro atoms. The minimum atomic E-state index is -0.694. The molecule has 0 aromatic heterocycles. The average molecular weight is 238 g/mol. The third-order valence-corrected chi connectivity index (χ3v) is 2.66. The van der Waals surface area contributed by atoms with E-state index in [9.17, 15) is 5.11 Å². The lowest BCUT2D eigenvalue weighted by Gasteiger charge is -2.25. The predicted octanol–water partition coefficient (Wildman–Crippen LogP) is 3.00. The molecule has 0 unspecified atom stereocenters. The fourth-order valence-electron chi connectivity index (χ4n) is 1.41. The van der Waals surface area contributed by atoms with Crippen LogP contribution in [0.2, 0.25) is 0 Å². The first-order valence-electron chi connectivity index (χ1n) is 5.92. The van der Waals surface area contributed by atoms with Gasteiger partial charge in [0.25, 0.3) is 0 Å². The van der Waals surface area contributed by atoms with Gasteiger partial charge in [0.1, 0.15) is 6.10 Å². The van der Waals surface area contributed by atoms with Gasteiger partial charge >= 0.3 is 0 Å². The van der Waals surface area contributed by atoms with Gasteiger partial charge in [-0.05, 0) is 30.4 Å². The fourth-order valence-corrected chi connectivity index (χ4v) is 1.41. The summed E-state index contributed by atoms with van der Waals surface area (Å²) in [6.07, 6.45) is 1.82. The summed E-state index contributed by atoms with van der Waals surface area (Å²) in [7, 11) is 0. The van der Waals surface area contributed by atoms with Gasteiger partial charge in [-0.2, -0.15) is 0 Å². The van der Waals surface area contributed by atoms with E-state index in [1.165, 1.54) is 0 Å². The highest BCUT2D eigenvalue weighted by Crippen LogP contribution is 2.24. The molecule has 0 aliphatic carbocycles. The van der Waals surface area contributed by atoms with E-state index in [1.54, 1.807) is 6.08 Å². The van der Waals surface area contributed by atoms with Crippen molar-refractivity contribution in [2.24, 2.45) is 5.41 Å². The minimum Gasteiger partial charge on any atom is -0.380 e. The van der Waals surface area contributed by atoms with E-state index in [1.807, 2.05) is 44.2 Å². The topological polar surface area (TPSA) is 20.2 Å².